The quantitative estimate of drug-likeness (QED) is 0.850. The molecule has 1 amide bonds. The molecule has 1 fully saturated rings. The average molecular weight is 283 g/mol. The second kappa shape index (κ2) is 5.83. The Labute approximate surface area is 123 Å². The van der Waals surface area contributed by atoms with Crippen LogP contribution in [0.15, 0.2) is 42.6 Å². The molecule has 0 saturated carbocycles. The van der Waals surface area contributed by atoms with Crippen molar-refractivity contribution >= 4 is 17.4 Å². The van der Waals surface area contributed by atoms with Crippen LogP contribution in [0.25, 0.3) is 0 Å². The number of nitrogens with zero attached hydrogens (tertiary/aromatic N) is 2. The summed E-state index contributed by atoms with van der Waals surface area (Å²) in [6.07, 6.45) is 4.00. The van der Waals surface area contributed by atoms with Crippen LogP contribution in [-0.4, -0.2) is 29.1 Å². The molecule has 1 saturated heterocycles. The van der Waals surface area contributed by atoms with Gasteiger partial charge in [-0.3, -0.25) is 4.79 Å². The minimum atomic E-state index is -0.207. The number of hydrogen-bond acceptors (Lipinski definition) is 4. The van der Waals surface area contributed by atoms with Crippen LogP contribution in [0, 0.1) is 0 Å². The van der Waals surface area contributed by atoms with Crippen molar-refractivity contribution in [2.45, 2.75) is 12.8 Å². The molecule has 5 heteroatoms. The molecule has 2 aromatic rings. The topological polar surface area (TPSA) is 65.5 Å². The Balaban J connectivity index is 1.68. The second-order valence-electron chi connectivity index (χ2n) is 5.10. The van der Waals surface area contributed by atoms with Crippen LogP contribution in [-0.2, 0) is 0 Å². The molecule has 2 N–H and O–H groups in total. The number of phenols is 1. The van der Waals surface area contributed by atoms with Gasteiger partial charge in [0.25, 0.3) is 5.91 Å². The highest BCUT2D eigenvalue weighted by molar-refractivity contribution is 6.04. The van der Waals surface area contributed by atoms with Crippen LogP contribution in [0.1, 0.15) is 23.2 Å². The third kappa shape index (κ3) is 3.13. The summed E-state index contributed by atoms with van der Waals surface area (Å²) >= 11 is 0. The van der Waals surface area contributed by atoms with E-state index in [4.69, 9.17) is 0 Å². The molecule has 3 rings (SSSR count). The third-order valence-corrected chi connectivity index (χ3v) is 3.57. The first-order valence-corrected chi connectivity index (χ1v) is 7.04. The van der Waals surface area contributed by atoms with Crippen molar-refractivity contribution in [3.05, 3.63) is 48.2 Å². The lowest BCUT2D eigenvalue weighted by Gasteiger charge is -2.16. The van der Waals surface area contributed by atoms with Gasteiger partial charge in [-0.1, -0.05) is 0 Å². The molecule has 5 nitrogen and oxygen atoms in total. The Bertz CT molecular complexity index is 617. The van der Waals surface area contributed by atoms with Crippen molar-refractivity contribution in [2.75, 3.05) is 23.3 Å². The first-order chi connectivity index (χ1) is 10.2. The second-order valence-corrected chi connectivity index (χ2v) is 5.10. The van der Waals surface area contributed by atoms with E-state index >= 15 is 0 Å². The SMILES string of the molecule is O=C(Nc1ccc(O)cc1)c1ccc(N2CCCC2)nc1. The number of hydrogen-bond donors (Lipinski definition) is 2. The van der Waals surface area contributed by atoms with E-state index in [-0.39, 0.29) is 11.7 Å². The van der Waals surface area contributed by atoms with Gasteiger partial charge in [-0.25, -0.2) is 4.98 Å². The Morgan fingerprint density at radius 1 is 1.10 bits per heavy atom. The summed E-state index contributed by atoms with van der Waals surface area (Å²) < 4.78 is 0. The number of aromatic hydroxyl groups is 1. The lowest BCUT2D eigenvalue weighted by molar-refractivity contribution is 0.102. The van der Waals surface area contributed by atoms with Gasteiger partial charge in [0.2, 0.25) is 0 Å². The minimum Gasteiger partial charge on any atom is -0.508 e. The molecule has 0 spiro atoms. The molecule has 0 unspecified atom stereocenters. The fourth-order valence-electron chi connectivity index (χ4n) is 2.40. The number of anilines is 2. The van der Waals surface area contributed by atoms with E-state index in [1.807, 2.05) is 6.07 Å². The van der Waals surface area contributed by atoms with Gasteiger partial charge in [-0.15, -0.1) is 0 Å². The number of pyridine rings is 1. The first kappa shape index (κ1) is 13.4. The average Bonchev–Trinajstić information content (AvgIpc) is 3.04. The van der Waals surface area contributed by atoms with Gasteiger partial charge < -0.3 is 15.3 Å². The number of carbonyl (C=O) groups excluding carboxylic acids is 1. The highest BCUT2D eigenvalue weighted by atomic mass is 16.3. The van der Waals surface area contributed by atoms with Crippen LogP contribution >= 0.6 is 0 Å². The molecule has 0 atom stereocenters. The standard InChI is InChI=1S/C16H17N3O2/c20-14-6-4-13(5-7-14)18-16(21)12-3-8-15(17-11-12)19-9-1-2-10-19/h3-8,11,20H,1-2,9-10H2,(H,18,21). The summed E-state index contributed by atoms with van der Waals surface area (Å²) in [5, 5.41) is 12.0. The van der Waals surface area contributed by atoms with E-state index in [1.54, 1.807) is 24.4 Å². The van der Waals surface area contributed by atoms with Gasteiger partial charge in [0.15, 0.2) is 0 Å². The normalized spacial score (nSPS) is 14.2. The number of aromatic nitrogens is 1. The zero-order valence-electron chi connectivity index (χ0n) is 11.6. The Hall–Kier alpha value is -2.56. The first-order valence-electron chi connectivity index (χ1n) is 7.04. The Morgan fingerprint density at radius 2 is 1.81 bits per heavy atom. The van der Waals surface area contributed by atoms with Crippen molar-refractivity contribution in [2.24, 2.45) is 0 Å². The Morgan fingerprint density at radius 3 is 2.43 bits per heavy atom. The summed E-state index contributed by atoms with van der Waals surface area (Å²) in [5.41, 5.74) is 1.16. The lowest BCUT2D eigenvalue weighted by atomic mass is 10.2. The van der Waals surface area contributed by atoms with E-state index < -0.39 is 0 Å². The highest BCUT2D eigenvalue weighted by Gasteiger charge is 2.14. The molecule has 1 aliphatic rings. The van der Waals surface area contributed by atoms with Crippen LogP contribution in [0.2, 0.25) is 0 Å². The maximum Gasteiger partial charge on any atom is 0.257 e. The predicted octanol–water partition coefficient (Wildman–Crippen LogP) is 2.64. The molecule has 21 heavy (non-hydrogen) atoms. The van der Waals surface area contributed by atoms with Crippen molar-refractivity contribution in [3.8, 4) is 5.75 Å². The maximum atomic E-state index is 12.1. The lowest BCUT2D eigenvalue weighted by Crippen LogP contribution is -2.19. The zero-order valence-corrected chi connectivity index (χ0v) is 11.6. The number of carbonyl (C=O) groups is 1. The van der Waals surface area contributed by atoms with Gasteiger partial charge in [0.1, 0.15) is 11.6 Å². The third-order valence-electron chi connectivity index (χ3n) is 3.57. The number of amides is 1. The van der Waals surface area contributed by atoms with E-state index in [2.05, 4.69) is 15.2 Å². The smallest absolute Gasteiger partial charge is 0.257 e. The molecule has 1 aromatic carbocycles. The van der Waals surface area contributed by atoms with Gasteiger partial charge >= 0.3 is 0 Å². The van der Waals surface area contributed by atoms with Crippen LogP contribution in [0.5, 0.6) is 5.75 Å². The zero-order chi connectivity index (χ0) is 14.7. The van der Waals surface area contributed by atoms with Crippen molar-refractivity contribution in [1.29, 1.82) is 0 Å². The number of nitrogens with one attached hydrogen (secondary N) is 1. The molecule has 2 heterocycles. The molecule has 0 aliphatic carbocycles. The van der Waals surface area contributed by atoms with Crippen molar-refractivity contribution in [1.82, 2.24) is 4.98 Å². The molecular weight excluding hydrogens is 266 g/mol. The molecule has 0 bridgehead atoms. The molecule has 1 aromatic heterocycles. The van der Waals surface area contributed by atoms with Crippen molar-refractivity contribution in [3.63, 3.8) is 0 Å². The summed E-state index contributed by atoms with van der Waals surface area (Å²) in [6.45, 7) is 2.07. The van der Waals surface area contributed by atoms with E-state index in [9.17, 15) is 9.90 Å². The van der Waals surface area contributed by atoms with Gasteiger partial charge in [0.05, 0.1) is 5.56 Å². The predicted molar refractivity (Wildman–Crippen MR) is 81.7 cm³/mol. The van der Waals surface area contributed by atoms with E-state index in [1.165, 1.54) is 25.0 Å². The molecular formula is C16H17N3O2. The van der Waals surface area contributed by atoms with Gasteiger partial charge in [-0.2, -0.15) is 0 Å². The summed E-state index contributed by atoms with van der Waals surface area (Å²) in [6, 6.07) is 10.0. The minimum absolute atomic E-state index is 0.171. The number of rotatable bonds is 3. The van der Waals surface area contributed by atoms with Crippen LogP contribution in [0.4, 0.5) is 11.5 Å². The van der Waals surface area contributed by atoms with Gasteiger partial charge in [-0.05, 0) is 49.2 Å². The van der Waals surface area contributed by atoms with Crippen molar-refractivity contribution < 1.29 is 9.90 Å². The number of phenolic OH excluding ortho intramolecular Hbond substituents is 1. The van der Waals surface area contributed by atoms with E-state index in [0.717, 1.165) is 18.9 Å². The fourth-order valence-corrected chi connectivity index (χ4v) is 2.40. The summed E-state index contributed by atoms with van der Waals surface area (Å²) in [5.74, 6) is 0.888. The van der Waals surface area contributed by atoms with E-state index in [0.29, 0.717) is 11.3 Å². The van der Waals surface area contributed by atoms with Gasteiger partial charge in [0, 0.05) is 25.0 Å². The monoisotopic (exact) mass is 283 g/mol. The Kier molecular flexibility index (Phi) is 3.73. The number of benzene rings is 1. The largest absolute Gasteiger partial charge is 0.508 e. The summed E-state index contributed by atoms with van der Waals surface area (Å²) in [7, 11) is 0. The molecule has 0 radical (unpaired) electrons. The maximum absolute atomic E-state index is 12.1. The highest BCUT2D eigenvalue weighted by Crippen LogP contribution is 2.18. The summed E-state index contributed by atoms with van der Waals surface area (Å²) in [4.78, 5) is 18.7. The molecule has 1 aliphatic heterocycles. The molecule has 108 valence electrons. The fraction of sp³-hybridized carbons (Fsp3) is 0.250. The van der Waals surface area contributed by atoms with Crippen LogP contribution < -0.4 is 10.2 Å². The van der Waals surface area contributed by atoms with Crippen LogP contribution in [0.3, 0.4) is 0 Å².